The highest BCUT2D eigenvalue weighted by Crippen LogP contribution is 2.30. The average molecular weight is 254 g/mol. The topological polar surface area (TPSA) is 38.1 Å². The Hall–Kier alpha value is -0.480. The van der Waals surface area contributed by atoms with E-state index in [9.17, 15) is 0 Å². The van der Waals surface area contributed by atoms with Crippen LogP contribution in [0.5, 0.6) is 0 Å². The first kappa shape index (κ1) is 13.0. The van der Waals surface area contributed by atoms with Gasteiger partial charge in [0.15, 0.2) is 0 Å². The van der Waals surface area contributed by atoms with Crippen molar-refractivity contribution in [2.75, 3.05) is 12.3 Å². The maximum Gasteiger partial charge on any atom is 0.255 e. The molecule has 0 amide bonds. The number of thioether (sulfide) groups is 1. The summed E-state index contributed by atoms with van der Waals surface area (Å²) < 4.78 is 5.38. The molecule has 17 heavy (non-hydrogen) atoms. The molecule has 1 aliphatic carbocycles. The Kier molecular flexibility index (Phi) is 4.92. The first-order valence-corrected chi connectivity index (χ1v) is 7.56. The van der Waals surface area contributed by atoms with Gasteiger partial charge in [0.2, 0.25) is 0 Å². The van der Waals surface area contributed by atoms with Crippen LogP contribution in [0, 0.1) is 12.8 Å². The van der Waals surface area contributed by atoms with Crippen LogP contribution in [0.15, 0.2) is 15.9 Å². The zero-order valence-electron chi connectivity index (χ0n) is 10.7. The molecule has 1 heterocycles. The SMILES string of the molecule is CCNC(CSc1nc(C)co1)C1CCCC1. The minimum atomic E-state index is 0.611. The standard InChI is InChI=1S/C13H22N2OS/c1-3-14-12(11-6-4-5-7-11)9-17-13-15-10(2)8-16-13/h8,11-12,14H,3-7,9H2,1-2H3. The van der Waals surface area contributed by atoms with E-state index < -0.39 is 0 Å². The predicted molar refractivity (Wildman–Crippen MR) is 71.4 cm³/mol. The number of hydrogen-bond donors (Lipinski definition) is 1. The maximum absolute atomic E-state index is 5.38. The Morgan fingerprint density at radius 1 is 1.53 bits per heavy atom. The maximum atomic E-state index is 5.38. The number of oxazole rings is 1. The number of nitrogens with one attached hydrogen (secondary N) is 1. The molecule has 0 spiro atoms. The van der Waals surface area contributed by atoms with Gasteiger partial charge in [0.1, 0.15) is 6.26 Å². The number of aromatic nitrogens is 1. The van der Waals surface area contributed by atoms with Crippen molar-refractivity contribution in [3.63, 3.8) is 0 Å². The highest BCUT2D eigenvalue weighted by molar-refractivity contribution is 7.99. The first-order chi connectivity index (χ1) is 8.29. The van der Waals surface area contributed by atoms with Gasteiger partial charge in [-0.15, -0.1) is 0 Å². The molecule has 0 aliphatic heterocycles. The van der Waals surface area contributed by atoms with Crippen LogP contribution in [-0.2, 0) is 0 Å². The van der Waals surface area contributed by atoms with Gasteiger partial charge in [-0.25, -0.2) is 4.98 Å². The Balaban J connectivity index is 1.84. The summed E-state index contributed by atoms with van der Waals surface area (Å²) in [6.07, 6.45) is 7.27. The molecule has 1 saturated carbocycles. The van der Waals surface area contributed by atoms with Crippen LogP contribution in [0.25, 0.3) is 0 Å². The van der Waals surface area contributed by atoms with Crippen molar-refractivity contribution in [2.24, 2.45) is 5.92 Å². The lowest BCUT2D eigenvalue weighted by Crippen LogP contribution is -2.37. The van der Waals surface area contributed by atoms with Crippen LogP contribution < -0.4 is 5.32 Å². The second-order valence-corrected chi connectivity index (χ2v) is 5.75. The normalized spacial score (nSPS) is 18.7. The van der Waals surface area contributed by atoms with Crippen LogP contribution in [0.2, 0.25) is 0 Å². The summed E-state index contributed by atoms with van der Waals surface area (Å²) in [6, 6.07) is 0.611. The molecule has 0 saturated heterocycles. The van der Waals surface area contributed by atoms with E-state index >= 15 is 0 Å². The van der Waals surface area contributed by atoms with E-state index in [-0.39, 0.29) is 0 Å². The van der Waals surface area contributed by atoms with Crippen molar-refractivity contribution < 1.29 is 4.42 Å². The summed E-state index contributed by atoms with van der Waals surface area (Å²) in [7, 11) is 0. The minimum Gasteiger partial charge on any atom is -0.440 e. The molecule has 1 aromatic heterocycles. The third kappa shape index (κ3) is 3.75. The second kappa shape index (κ2) is 6.45. The van der Waals surface area contributed by atoms with Crippen molar-refractivity contribution in [2.45, 2.75) is 50.8 Å². The van der Waals surface area contributed by atoms with Gasteiger partial charge in [-0.05, 0) is 32.2 Å². The van der Waals surface area contributed by atoms with Crippen LogP contribution in [0.4, 0.5) is 0 Å². The molecule has 0 aromatic carbocycles. The van der Waals surface area contributed by atoms with Gasteiger partial charge >= 0.3 is 0 Å². The number of hydrogen-bond acceptors (Lipinski definition) is 4. The first-order valence-electron chi connectivity index (χ1n) is 6.58. The Bertz CT molecular complexity index is 334. The quantitative estimate of drug-likeness (QED) is 0.791. The van der Waals surface area contributed by atoms with Crippen LogP contribution >= 0.6 is 11.8 Å². The van der Waals surface area contributed by atoms with E-state index in [0.717, 1.165) is 29.1 Å². The average Bonchev–Trinajstić information content (AvgIpc) is 2.95. The molecule has 1 aromatic rings. The van der Waals surface area contributed by atoms with E-state index in [1.165, 1.54) is 25.7 Å². The van der Waals surface area contributed by atoms with E-state index in [2.05, 4.69) is 17.2 Å². The molecule has 1 unspecified atom stereocenters. The predicted octanol–water partition coefficient (Wildman–Crippen LogP) is 3.24. The van der Waals surface area contributed by atoms with Gasteiger partial charge in [0, 0.05) is 11.8 Å². The molecule has 96 valence electrons. The molecule has 0 bridgehead atoms. The van der Waals surface area contributed by atoms with Crippen molar-refractivity contribution in [1.29, 1.82) is 0 Å². The molecular weight excluding hydrogens is 232 g/mol. The number of nitrogens with zero attached hydrogens (tertiary/aromatic N) is 1. The molecule has 3 nitrogen and oxygen atoms in total. The Labute approximate surface area is 108 Å². The van der Waals surface area contributed by atoms with Crippen molar-refractivity contribution in [3.05, 3.63) is 12.0 Å². The molecule has 2 rings (SSSR count). The number of rotatable bonds is 6. The summed E-state index contributed by atoms with van der Waals surface area (Å²) in [5.74, 6) is 1.91. The van der Waals surface area contributed by atoms with Crippen LogP contribution in [0.1, 0.15) is 38.3 Å². The Morgan fingerprint density at radius 3 is 2.88 bits per heavy atom. The third-order valence-electron chi connectivity index (χ3n) is 3.42. The highest BCUT2D eigenvalue weighted by atomic mass is 32.2. The van der Waals surface area contributed by atoms with Crippen molar-refractivity contribution >= 4 is 11.8 Å². The summed E-state index contributed by atoms with van der Waals surface area (Å²) >= 11 is 1.74. The van der Waals surface area contributed by atoms with Gasteiger partial charge in [-0.2, -0.15) is 0 Å². The summed E-state index contributed by atoms with van der Waals surface area (Å²) in [6.45, 7) is 5.19. The largest absolute Gasteiger partial charge is 0.440 e. The zero-order valence-corrected chi connectivity index (χ0v) is 11.6. The summed E-state index contributed by atoms with van der Waals surface area (Å²) in [4.78, 5) is 4.34. The Morgan fingerprint density at radius 2 is 2.29 bits per heavy atom. The lowest BCUT2D eigenvalue weighted by atomic mass is 10.00. The smallest absolute Gasteiger partial charge is 0.255 e. The third-order valence-corrected chi connectivity index (χ3v) is 4.38. The van der Waals surface area contributed by atoms with E-state index in [4.69, 9.17) is 4.42 Å². The van der Waals surface area contributed by atoms with E-state index in [0.29, 0.717) is 6.04 Å². The zero-order chi connectivity index (χ0) is 12.1. The lowest BCUT2D eigenvalue weighted by molar-refractivity contribution is 0.392. The van der Waals surface area contributed by atoms with E-state index in [1.54, 1.807) is 18.0 Å². The molecule has 1 N–H and O–H groups in total. The van der Waals surface area contributed by atoms with Crippen molar-refractivity contribution in [3.8, 4) is 0 Å². The number of aryl methyl sites for hydroxylation is 1. The molecule has 0 radical (unpaired) electrons. The summed E-state index contributed by atoms with van der Waals surface area (Å²) in [5.41, 5.74) is 0.966. The fourth-order valence-electron chi connectivity index (χ4n) is 2.54. The van der Waals surface area contributed by atoms with Crippen LogP contribution in [-0.4, -0.2) is 23.3 Å². The minimum absolute atomic E-state index is 0.611. The van der Waals surface area contributed by atoms with Gasteiger partial charge in [0.25, 0.3) is 5.22 Å². The molecule has 4 heteroatoms. The van der Waals surface area contributed by atoms with E-state index in [1.807, 2.05) is 6.92 Å². The summed E-state index contributed by atoms with van der Waals surface area (Å²) in [5, 5.41) is 4.42. The lowest BCUT2D eigenvalue weighted by Gasteiger charge is -2.23. The van der Waals surface area contributed by atoms with Gasteiger partial charge in [-0.1, -0.05) is 31.5 Å². The van der Waals surface area contributed by atoms with Crippen molar-refractivity contribution in [1.82, 2.24) is 10.3 Å². The second-order valence-electron chi connectivity index (χ2n) is 4.77. The van der Waals surface area contributed by atoms with Gasteiger partial charge in [0.05, 0.1) is 5.69 Å². The molecule has 1 aliphatic rings. The molecular formula is C13H22N2OS. The van der Waals surface area contributed by atoms with Crippen LogP contribution in [0.3, 0.4) is 0 Å². The molecule has 1 atom stereocenters. The fraction of sp³-hybridized carbons (Fsp3) is 0.769. The molecule has 1 fully saturated rings. The van der Waals surface area contributed by atoms with Gasteiger partial charge in [-0.3, -0.25) is 0 Å². The fourth-order valence-corrected chi connectivity index (χ4v) is 3.58. The van der Waals surface area contributed by atoms with Gasteiger partial charge < -0.3 is 9.73 Å². The monoisotopic (exact) mass is 254 g/mol. The highest BCUT2D eigenvalue weighted by Gasteiger charge is 2.24.